The smallest absolute Gasteiger partial charge is 0.209 e. The van der Waals surface area contributed by atoms with Crippen molar-refractivity contribution in [2.75, 3.05) is 0 Å². The van der Waals surface area contributed by atoms with Crippen LogP contribution >= 0.6 is 33.9 Å². The maximum atomic E-state index is 11.3. The second-order valence-electron chi connectivity index (χ2n) is 2.14. The summed E-state index contributed by atoms with van der Waals surface area (Å²) in [5, 5.41) is 3.96. The zero-order valence-electron chi connectivity index (χ0n) is 6.17. The Morgan fingerprint density at radius 3 is 2.67 bits per heavy atom. The molecule has 64 valence electrons. The molecule has 0 aliphatic rings. The van der Waals surface area contributed by atoms with Gasteiger partial charge in [-0.15, -0.1) is 11.3 Å². The highest BCUT2D eigenvalue weighted by atomic mass is 127. The van der Waals surface area contributed by atoms with E-state index in [0.717, 1.165) is 5.56 Å². The third-order valence-corrected chi connectivity index (χ3v) is 4.59. The molecule has 0 saturated heterocycles. The molecule has 0 fully saturated rings. The van der Waals surface area contributed by atoms with Gasteiger partial charge in [-0.2, -0.15) is 0 Å². The summed E-state index contributed by atoms with van der Waals surface area (Å²) in [7, 11) is -3.34. The zero-order chi connectivity index (χ0) is 9.19. The monoisotopic (exact) mass is 312 g/mol. The fourth-order valence-corrected chi connectivity index (χ4v) is 3.46. The van der Waals surface area contributed by atoms with Crippen molar-refractivity contribution in [3.8, 4) is 9.18 Å². The third kappa shape index (κ3) is 2.21. The molecule has 2 nitrogen and oxygen atoms in total. The summed E-state index contributed by atoms with van der Waals surface area (Å²) in [5.41, 5.74) is 0.953. The Balaban J connectivity index is 3.21. The van der Waals surface area contributed by atoms with Crippen molar-refractivity contribution in [1.29, 1.82) is 0 Å². The Morgan fingerprint density at radius 1 is 1.58 bits per heavy atom. The SMILES string of the molecule is Cc1csc(S(=O)(=O)C#CI)c1. The highest BCUT2D eigenvalue weighted by Gasteiger charge is 2.12. The molecule has 0 aliphatic heterocycles. The van der Waals surface area contributed by atoms with Crippen LogP contribution in [0, 0.1) is 16.1 Å². The van der Waals surface area contributed by atoms with Gasteiger partial charge in [0.15, 0.2) is 0 Å². The second-order valence-corrected chi connectivity index (χ2v) is 5.50. The van der Waals surface area contributed by atoms with Gasteiger partial charge in [0.1, 0.15) is 4.21 Å². The van der Waals surface area contributed by atoms with Crippen LogP contribution in [0.5, 0.6) is 0 Å². The number of thiophene rings is 1. The Kier molecular flexibility index (Phi) is 3.15. The lowest BCUT2D eigenvalue weighted by Crippen LogP contribution is -1.92. The number of aryl methyl sites for hydroxylation is 1. The zero-order valence-corrected chi connectivity index (χ0v) is 9.96. The van der Waals surface area contributed by atoms with Crippen LogP contribution in [-0.4, -0.2) is 8.42 Å². The molecule has 1 heterocycles. The van der Waals surface area contributed by atoms with Crippen molar-refractivity contribution in [1.82, 2.24) is 0 Å². The first-order valence-corrected chi connectivity index (χ1v) is 6.43. The van der Waals surface area contributed by atoms with E-state index in [2.05, 4.69) is 9.18 Å². The summed E-state index contributed by atoms with van der Waals surface area (Å²) in [6, 6.07) is 1.63. The molecule has 12 heavy (non-hydrogen) atoms. The van der Waals surface area contributed by atoms with E-state index >= 15 is 0 Å². The summed E-state index contributed by atoms with van der Waals surface area (Å²) in [4.78, 5) is 0. The summed E-state index contributed by atoms with van der Waals surface area (Å²) in [6.45, 7) is 1.85. The molecule has 0 aromatic carbocycles. The third-order valence-electron chi connectivity index (χ3n) is 1.14. The van der Waals surface area contributed by atoms with Gasteiger partial charge in [0, 0.05) is 27.8 Å². The molecule has 0 aliphatic carbocycles. The molecule has 0 amide bonds. The first kappa shape index (κ1) is 10.0. The van der Waals surface area contributed by atoms with Crippen LogP contribution in [0.4, 0.5) is 0 Å². The molecule has 0 atom stereocenters. The summed E-state index contributed by atoms with van der Waals surface area (Å²) >= 11 is 2.91. The highest BCUT2D eigenvalue weighted by molar-refractivity contribution is 14.1. The lowest BCUT2D eigenvalue weighted by atomic mass is 10.4. The van der Waals surface area contributed by atoms with Crippen molar-refractivity contribution in [2.24, 2.45) is 0 Å². The minimum atomic E-state index is -3.34. The van der Waals surface area contributed by atoms with Crippen LogP contribution in [-0.2, 0) is 9.84 Å². The molecule has 1 rings (SSSR count). The molecule has 0 N–H and O–H groups in total. The fourth-order valence-electron chi connectivity index (χ4n) is 0.647. The molecule has 0 bridgehead atoms. The number of rotatable bonds is 1. The minimum absolute atomic E-state index is 0.323. The van der Waals surface area contributed by atoms with Crippen molar-refractivity contribution < 1.29 is 8.42 Å². The van der Waals surface area contributed by atoms with Crippen molar-refractivity contribution >= 4 is 43.8 Å². The molecular weight excluding hydrogens is 307 g/mol. The van der Waals surface area contributed by atoms with Crippen molar-refractivity contribution in [3.05, 3.63) is 17.0 Å². The molecule has 0 spiro atoms. The van der Waals surface area contributed by atoms with E-state index in [-0.39, 0.29) is 0 Å². The topological polar surface area (TPSA) is 34.1 Å². The van der Waals surface area contributed by atoms with Crippen molar-refractivity contribution in [2.45, 2.75) is 11.1 Å². The second kappa shape index (κ2) is 3.77. The van der Waals surface area contributed by atoms with Gasteiger partial charge in [-0.25, -0.2) is 8.42 Å². The van der Waals surface area contributed by atoms with Gasteiger partial charge in [-0.05, 0) is 27.9 Å². The molecule has 5 heteroatoms. The summed E-state index contributed by atoms with van der Waals surface area (Å²) in [5.74, 6) is 0. The Labute approximate surface area is 89.1 Å². The van der Waals surface area contributed by atoms with E-state index in [1.165, 1.54) is 11.3 Å². The lowest BCUT2D eigenvalue weighted by molar-refractivity contribution is 0.608. The summed E-state index contributed by atoms with van der Waals surface area (Å²) in [6.07, 6.45) is 0. The van der Waals surface area contributed by atoms with Crippen LogP contribution in [0.15, 0.2) is 15.7 Å². The number of hydrogen-bond acceptors (Lipinski definition) is 3. The van der Waals surface area contributed by atoms with Gasteiger partial charge in [-0.3, -0.25) is 0 Å². The predicted molar refractivity (Wildman–Crippen MR) is 58.0 cm³/mol. The molecule has 0 saturated carbocycles. The van der Waals surface area contributed by atoms with E-state index in [9.17, 15) is 8.42 Å². The van der Waals surface area contributed by atoms with Gasteiger partial charge in [0.25, 0.3) is 9.84 Å². The number of hydrogen-bond donors (Lipinski definition) is 0. The van der Waals surface area contributed by atoms with Crippen molar-refractivity contribution in [3.63, 3.8) is 0 Å². The normalized spacial score (nSPS) is 10.5. The van der Waals surface area contributed by atoms with Crippen LogP contribution in [0.2, 0.25) is 0 Å². The molecule has 1 aromatic heterocycles. The molecule has 0 radical (unpaired) electrons. The van der Waals surface area contributed by atoms with Gasteiger partial charge in [0.05, 0.1) is 0 Å². The van der Waals surface area contributed by atoms with Gasteiger partial charge in [0.2, 0.25) is 0 Å². The molecular formula is C7H5IO2S2. The van der Waals surface area contributed by atoms with E-state index in [1.54, 1.807) is 34.0 Å². The Morgan fingerprint density at radius 2 is 2.25 bits per heavy atom. The highest BCUT2D eigenvalue weighted by Crippen LogP contribution is 2.20. The van der Waals surface area contributed by atoms with E-state index in [1.807, 2.05) is 6.92 Å². The standard InChI is InChI=1S/C7H5IO2S2/c1-6-4-7(11-5-6)12(9,10)3-2-8/h4-5H,1H3. The molecule has 1 aromatic rings. The average molecular weight is 312 g/mol. The number of sulfone groups is 1. The maximum Gasteiger partial charge on any atom is 0.255 e. The van der Waals surface area contributed by atoms with Crippen LogP contribution in [0.3, 0.4) is 0 Å². The van der Waals surface area contributed by atoms with Gasteiger partial charge < -0.3 is 0 Å². The fraction of sp³-hybridized carbons (Fsp3) is 0.143. The quantitative estimate of drug-likeness (QED) is 0.588. The Hall–Kier alpha value is -0.0600. The molecule has 0 unspecified atom stereocenters. The largest absolute Gasteiger partial charge is 0.255 e. The summed E-state index contributed by atoms with van der Waals surface area (Å²) < 4.78 is 25.2. The van der Waals surface area contributed by atoms with E-state index in [0.29, 0.717) is 4.21 Å². The predicted octanol–water partition coefficient (Wildman–Crippen LogP) is 2.18. The maximum absolute atomic E-state index is 11.3. The minimum Gasteiger partial charge on any atom is -0.209 e. The van der Waals surface area contributed by atoms with Crippen LogP contribution < -0.4 is 0 Å². The van der Waals surface area contributed by atoms with Crippen LogP contribution in [0.25, 0.3) is 0 Å². The lowest BCUT2D eigenvalue weighted by Gasteiger charge is -1.86. The van der Waals surface area contributed by atoms with E-state index < -0.39 is 9.84 Å². The first-order chi connectivity index (χ1) is 5.56. The van der Waals surface area contributed by atoms with Crippen LogP contribution in [0.1, 0.15) is 5.56 Å². The van der Waals surface area contributed by atoms with Gasteiger partial charge >= 0.3 is 0 Å². The average Bonchev–Trinajstić information content (AvgIpc) is 2.36. The Bertz CT molecular complexity index is 433. The van der Waals surface area contributed by atoms with E-state index in [4.69, 9.17) is 0 Å². The first-order valence-electron chi connectivity index (χ1n) is 2.99. The number of halogens is 1. The van der Waals surface area contributed by atoms with Gasteiger partial charge in [-0.1, -0.05) is 0 Å².